The van der Waals surface area contributed by atoms with Gasteiger partial charge in [-0.15, -0.1) is 0 Å². The number of benzene rings is 1. The Morgan fingerprint density at radius 1 is 1.00 bits per heavy atom. The molecule has 34 heavy (non-hydrogen) atoms. The minimum Gasteiger partial charge on any atom is -0.352 e. The van der Waals surface area contributed by atoms with Gasteiger partial charge in [0, 0.05) is 51.0 Å². The van der Waals surface area contributed by atoms with Crippen molar-refractivity contribution in [1.82, 2.24) is 19.4 Å². The van der Waals surface area contributed by atoms with Crippen LogP contribution in [0.1, 0.15) is 45.4 Å². The van der Waals surface area contributed by atoms with Gasteiger partial charge >= 0.3 is 0 Å². The van der Waals surface area contributed by atoms with Crippen molar-refractivity contribution in [3.05, 3.63) is 24.3 Å². The first-order chi connectivity index (χ1) is 16.3. The van der Waals surface area contributed by atoms with E-state index in [0.717, 1.165) is 51.6 Å². The summed E-state index contributed by atoms with van der Waals surface area (Å²) < 4.78 is 27.7. The Balaban J connectivity index is 1.27. The smallest absolute Gasteiger partial charge is 0.243 e. The largest absolute Gasteiger partial charge is 0.352 e. The van der Waals surface area contributed by atoms with Crippen LogP contribution in [0.3, 0.4) is 0 Å². The van der Waals surface area contributed by atoms with E-state index in [1.165, 1.54) is 0 Å². The van der Waals surface area contributed by atoms with Gasteiger partial charge in [-0.3, -0.25) is 19.4 Å². The number of nitrogens with zero attached hydrogens (tertiary/aromatic N) is 3. The van der Waals surface area contributed by atoms with Crippen molar-refractivity contribution in [1.29, 1.82) is 0 Å². The van der Waals surface area contributed by atoms with Gasteiger partial charge in [-0.1, -0.05) is 18.9 Å². The second kappa shape index (κ2) is 11.2. The lowest BCUT2D eigenvalue weighted by atomic mass is 10.2. The first-order valence-corrected chi connectivity index (χ1v) is 13.9. The topological polar surface area (TPSA) is 102 Å². The van der Waals surface area contributed by atoms with Crippen molar-refractivity contribution in [3.63, 3.8) is 0 Å². The summed E-state index contributed by atoms with van der Waals surface area (Å²) in [4.78, 5) is 29.4. The van der Waals surface area contributed by atoms with E-state index in [9.17, 15) is 18.0 Å². The number of hydrogen-bond acceptors (Lipinski definition) is 6. The van der Waals surface area contributed by atoms with Crippen LogP contribution >= 0.6 is 0 Å². The van der Waals surface area contributed by atoms with E-state index in [1.807, 2.05) is 6.92 Å². The summed E-state index contributed by atoms with van der Waals surface area (Å²) in [6.07, 6.45) is 6.04. The molecule has 0 spiro atoms. The predicted molar refractivity (Wildman–Crippen MR) is 131 cm³/mol. The summed E-state index contributed by atoms with van der Waals surface area (Å²) in [6, 6.07) is 6.74. The van der Waals surface area contributed by atoms with Crippen LogP contribution in [0.25, 0.3) is 0 Å². The molecule has 2 N–H and O–H groups in total. The van der Waals surface area contributed by atoms with Crippen molar-refractivity contribution in [2.75, 3.05) is 51.1 Å². The zero-order valence-corrected chi connectivity index (χ0v) is 20.9. The number of rotatable bonds is 8. The number of piperazine rings is 1. The summed E-state index contributed by atoms with van der Waals surface area (Å²) in [5.41, 5.74) is 0.491. The molecule has 188 valence electrons. The normalized spacial score (nSPS) is 22.0. The fourth-order valence-corrected chi connectivity index (χ4v) is 6.16. The summed E-state index contributed by atoms with van der Waals surface area (Å²) in [7, 11) is -3.56. The highest BCUT2D eigenvalue weighted by atomic mass is 32.2. The first-order valence-electron chi connectivity index (χ1n) is 12.5. The van der Waals surface area contributed by atoms with Gasteiger partial charge in [0.2, 0.25) is 21.8 Å². The third-order valence-corrected chi connectivity index (χ3v) is 8.84. The molecule has 1 aliphatic carbocycles. The number of carbonyl (C=O) groups is 2. The molecule has 2 heterocycles. The molecule has 4 rings (SSSR count). The average molecular weight is 492 g/mol. The Morgan fingerprint density at radius 3 is 2.32 bits per heavy atom. The Bertz CT molecular complexity index is 965. The molecule has 1 aromatic carbocycles. The second-order valence-electron chi connectivity index (χ2n) is 9.67. The molecule has 3 fully saturated rings. The van der Waals surface area contributed by atoms with E-state index >= 15 is 0 Å². The fraction of sp³-hybridized carbons (Fsp3) is 0.667. The number of hydrogen-bond donors (Lipinski definition) is 2. The zero-order chi connectivity index (χ0) is 24.1. The SMILES string of the molecule is CC(C(=O)NC1CC1)N1CCN(CC(=O)Nc2cccc(S(=O)(=O)N3CCCCCC3)c2)CC1. The number of sulfonamides is 1. The third kappa shape index (κ3) is 6.56. The molecule has 0 bridgehead atoms. The first kappa shape index (κ1) is 25.1. The standard InChI is InChI=1S/C24H37N5O4S/c1-19(24(31)26-20-9-10-20)28-15-13-27(14-16-28)18-23(30)25-21-7-6-8-22(17-21)34(32,33)29-11-4-2-3-5-12-29/h6-8,17,19-20H,2-5,9-16,18H2,1H3,(H,25,30)(H,26,31). The van der Waals surface area contributed by atoms with E-state index < -0.39 is 10.0 Å². The van der Waals surface area contributed by atoms with E-state index in [0.29, 0.717) is 37.9 Å². The van der Waals surface area contributed by atoms with Gasteiger partial charge < -0.3 is 10.6 Å². The molecule has 9 nitrogen and oxygen atoms in total. The molecule has 2 saturated heterocycles. The van der Waals surface area contributed by atoms with Crippen LogP contribution in [-0.2, 0) is 19.6 Å². The molecule has 1 aromatic rings. The molecule has 0 radical (unpaired) electrons. The lowest BCUT2D eigenvalue weighted by Gasteiger charge is -2.37. The van der Waals surface area contributed by atoms with Crippen LogP contribution in [0.5, 0.6) is 0 Å². The summed E-state index contributed by atoms with van der Waals surface area (Å²) in [6.45, 7) is 6.14. The molecular weight excluding hydrogens is 454 g/mol. The van der Waals surface area contributed by atoms with Crippen LogP contribution < -0.4 is 10.6 Å². The highest BCUT2D eigenvalue weighted by Gasteiger charge is 2.30. The molecule has 1 atom stereocenters. The van der Waals surface area contributed by atoms with Crippen molar-refractivity contribution >= 4 is 27.5 Å². The number of amides is 2. The maximum atomic E-state index is 13.1. The van der Waals surface area contributed by atoms with Crippen LogP contribution in [0.15, 0.2) is 29.2 Å². The quantitative estimate of drug-likeness (QED) is 0.571. The molecule has 10 heteroatoms. The zero-order valence-electron chi connectivity index (χ0n) is 20.0. The molecule has 1 unspecified atom stereocenters. The second-order valence-corrected chi connectivity index (χ2v) is 11.6. The van der Waals surface area contributed by atoms with E-state index in [1.54, 1.807) is 28.6 Å². The van der Waals surface area contributed by atoms with E-state index in [-0.39, 0.29) is 29.3 Å². The summed E-state index contributed by atoms with van der Waals surface area (Å²) in [5, 5.41) is 5.91. The van der Waals surface area contributed by atoms with Crippen LogP contribution in [-0.4, -0.2) is 92.2 Å². The summed E-state index contributed by atoms with van der Waals surface area (Å²) in [5.74, 6) is -0.0824. The maximum Gasteiger partial charge on any atom is 0.243 e. The number of nitrogens with one attached hydrogen (secondary N) is 2. The molecule has 0 aromatic heterocycles. The Morgan fingerprint density at radius 2 is 1.68 bits per heavy atom. The number of anilines is 1. The maximum absolute atomic E-state index is 13.1. The van der Waals surface area contributed by atoms with Crippen molar-refractivity contribution in [3.8, 4) is 0 Å². The van der Waals surface area contributed by atoms with Crippen molar-refractivity contribution in [2.45, 2.75) is 62.4 Å². The molecule has 1 saturated carbocycles. The van der Waals surface area contributed by atoms with Crippen LogP contribution in [0, 0.1) is 0 Å². The van der Waals surface area contributed by atoms with Gasteiger partial charge in [-0.05, 0) is 50.8 Å². The minimum absolute atomic E-state index is 0.0868. The fourth-order valence-electron chi connectivity index (χ4n) is 4.59. The molecule has 3 aliphatic rings. The van der Waals surface area contributed by atoms with Gasteiger partial charge in [-0.25, -0.2) is 8.42 Å². The van der Waals surface area contributed by atoms with E-state index in [2.05, 4.69) is 20.4 Å². The Labute approximate surface area is 202 Å². The third-order valence-electron chi connectivity index (χ3n) is 6.95. The summed E-state index contributed by atoms with van der Waals surface area (Å²) >= 11 is 0. The van der Waals surface area contributed by atoms with Crippen molar-refractivity contribution in [2.24, 2.45) is 0 Å². The lowest BCUT2D eigenvalue weighted by molar-refractivity contribution is -0.127. The van der Waals surface area contributed by atoms with Gasteiger partial charge in [0.25, 0.3) is 0 Å². The molecule has 2 amide bonds. The molecular formula is C24H37N5O4S. The highest BCUT2D eigenvalue weighted by molar-refractivity contribution is 7.89. The number of carbonyl (C=O) groups excluding carboxylic acids is 2. The van der Waals surface area contributed by atoms with E-state index in [4.69, 9.17) is 0 Å². The van der Waals surface area contributed by atoms with Gasteiger partial charge in [0.05, 0.1) is 17.5 Å². The van der Waals surface area contributed by atoms with Crippen molar-refractivity contribution < 1.29 is 18.0 Å². The Kier molecular flexibility index (Phi) is 8.23. The van der Waals surface area contributed by atoms with Crippen LogP contribution in [0.2, 0.25) is 0 Å². The van der Waals surface area contributed by atoms with Gasteiger partial charge in [0.15, 0.2) is 0 Å². The average Bonchev–Trinajstić information content (AvgIpc) is 3.66. The molecule has 2 aliphatic heterocycles. The van der Waals surface area contributed by atoms with Crippen LogP contribution in [0.4, 0.5) is 5.69 Å². The predicted octanol–water partition coefficient (Wildman–Crippen LogP) is 1.47. The highest BCUT2D eigenvalue weighted by Crippen LogP contribution is 2.23. The van der Waals surface area contributed by atoms with Gasteiger partial charge in [-0.2, -0.15) is 4.31 Å². The minimum atomic E-state index is -3.56. The van der Waals surface area contributed by atoms with Gasteiger partial charge in [0.1, 0.15) is 0 Å². The monoisotopic (exact) mass is 491 g/mol. The lowest BCUT2D eigenvalue weighted by Crippen LogP contribution is -2.55. The Hall–Kier alpha value is -2.01.